The monoisotopic (exact) mass is 367 g/mol. The predicted molar refractivity (Wildman–Crippen MR) is 93.5 cm³/mol. The van der Waals surface area contributed by atoms with Gasteiger partial charge in [0.05, 0.1) is 12.7 Å². The summed E-state index contributed by atoms with van der Waals surface area (Å²) < 4.78 is 14.6. The van der Waals surface area contributed by atoms with Crippen LogP contribution < -0.4 is 5.32 Å². The molecule has 0 spiro atoms. The second-order valence-corrected chi connectivity index (χ2v) is 7.42. The van der Waals surface area contributed by atoms with Crippen molar-refractivity contribution in [2.45, 2.75) is 83.7 Å². The molecule has 0 aromatic rings. The van der Waals surface area contributed by atoms with Crippen LogP contribution in [0.2, 0.25) is 0 Å². The number of hydrogen-bond acceptors (Lipinski definition) is 4. The van der Waals surface area contributed by atoms with Gasteiger partial charge >= 0.3 is 7.82 Å². The quantitative estimate of drug-likeness (QED) is 0.246. The molecule has 1 atom stereocenters. The molecule has 0 fully saturated rings. The van der Waals surface area contributed by atoms with Gasteiger partial charge in [-0.25, -0.2) is 4.57 Å². The van der Waals surface area contributed by atoms with Gasteiger partial charge in [-0.3, -0.25) is 9.32 Å². The standard InChI is InChI=1S/C16H34NO6P/c1-2-3-4-5-6-7-8-9-10-11-12-16(19)17-13-15(18)14-23-24(20,21)22/h15,18H,2-14H2,1H3,(H,17,19)(H2,20,21,22). The maximum Gasteiger partial charge on any atom is 0.469 e. The minimum atomic E-state index is -4.58. The molecule has 144 valence electrons. The van der Waals surface area contributed by atoms with Crippen LogP contribution in [0, 0.1) is 0 Å². The predicted octanol–water partition coefficient (Wildman–Crippen LogP) is 2.88. The lowest BCUT2D eigenvalue weighted by molar-refractivity contribution is -0.121. The minimum absolute atomic E-state index is 0.0728. The smallest absolute Gasteiger partial charge is 0.389 e. The Morgan fingerprint density at radius 1 is 1.00 bits per heavy atom. The molecule has 0 aromatic heterocycles. The molecular weight excluding hydrogens is 333 g/mol. The molecule has 0 saturated heterocycles. The van der Waals surface area contributed by atoms with Gasteiger partial charge in [-0.1, -0.05) is 64.7 Å². The van der Waals surface area contributed by atoms with Crippen LogP contribution in [0.1, 0.15) is 77.6 Å². The third-order valence-electron chi connectivity index (χ3n) is 3.73. The van der Waals surface area contributed by atoms with Crippen molar-refractivity contribution in [3.05, 3.63) is 0 Å². The normalized spacial score (nSPS) is 13.0. The van der Waals surface area contributed by atoms with Crippen LogP contribution in [0.25, 0.3) is 0 Å². The van der Waals surface area contributed by atoms with E-state index in [-0.39, 0.29) is 12.5 Å². The Balaban J connectivity index is 3.39. The average Bonchev–Trinajstić information content (AvgIpc) is 2.52. The molecule has 0 aliphatic rings. The molecule has 0 radical (unpaired) electrons. The van der Waals surface area contributed by atoms with Gasteiger partial charge in [0.1, 0.15) is 0 Å². The van der Waals surface area contributed by atoms with E-state index in [2.05, 4.69) is 16.8 Å². The molecule has 0 saturated carbocycles. The fraction of sp³-hybridized carbons (Fsp3) is 0.938. The highest BCUT2D eigenvalue weighted by molar-refractivity contribution is 7.46. The summed E-state index contributed by atoms with van der Waals surface area (Å²) in [6.45, 7) is 1.63. The highest BCUT2D eigenvalue weighted by Crippen LogP contribution is 2.35. The van der Waals surface area contributed by atoms with Crippen LogP contribution in [0.3, 0.4) is 0 Å². The number of phosphoric acid groups is 1. The molecule has 1 amide bonds. The number of phosphoric ester groups is 1. The van der Waals surface area contributed by atoms with Crippen LogP contribution in [0.15, 0.2) is 0 Å². The Morgan fingerprint density at radius 2 is 1.50 bits per heavy atom. The Labute approximate surface area is 145 Å². The zero-order valence-electron chi connectivity index (χ0n) is 14.8. The Morgan fingerprint density at radius 3 is 2.00 bits per heavy atom. The van der Waals surface area contributed by atoms with Crippen LogP contribution in [0.4, 0.5) is 0 Å². The van der Waals surface area contributed by atoms with E-state index in [9.17, 15) is 14.5 Å². The van der Waals surface area contributed by atoms with Gasteiger partial charge in [-0.15, -0.1) is 0 Å². The number of nitrogens with one attached hydrogen (secondary N) is 1. The van der Waals surface area contributed by atoms with Gasteiger partial charge in [-0.05, 0) is 6.42 Å². The average molecular weight is 367 g/mol. The van der Waals surface area contributed by atoms with Crippen LogP contribution in [-0.2, 0) is 13.9 Å². The molecule has 0 aliphatic carbocycles. The van der Waals surface area contributed by atoms with Gasteiger partial charge in [0, 0.05) is 13.0 Å². The van der Waals surface area contributed by atoms with Crippen LogP contribution in [0.5, 0.6) is 0 Å². The molecule has 0 aromatic carbocycles. The Bertz CT molecular complexity index is 360. The van der Waals surface area contributed by atoms with Gasteiger partial charge < -0.3 is 20.2 Å². The Kier molecular flexibility index (Phi) is 14.6. The van der Waals surface area contributed by atoms with E-state index in [1.807, 2.05) is 0 Å². The molecule has 7 nitrogen and oxygen atoms in total. The van der Waals surface area contributed by atoms with Crippen molar-refractivity contribution in [2.24, 2.45) is 0 Å². The summed E-state index contributed by atoms with van der Waals surface area (Å²) in [4.78, 5) is 28.6. The van der Waals surface area contributed by atoms with E-state index in [1.54, 1.807) is 0 Å². The molecule has 0 rings (SSSR count). The molecule has 0 bridgehead atoms. The third-order valence-corrected chi connectivity index (χ3v) is 4.21. The first-order valence-corrected chi connectivity index (χ1v) is 10.5. The van der Waals surface area contributed by atoms with Crippen molar-refractivity contribution in [2.75, 3.05) is 13.2 Å². The van der Waals surface area contributed by atoms with Crippen molar-refractivity contribution in [1.29, 1.82) is 0 Å². The summed E-state index contributed by atoms with van der Waals surface area (Å²) in [5.74, 6) is -0.162. The maximum absolute atomic E-state index is 11.6. The van der Waals surface area contributed by atoms with Gasteiger partial charge in [0.25, 0.3) is 0 Å². The highest BCUT2D eigenvalue weighted by Gasteiger charge is 2.17. The van der Waals surface area contributed by atoms with Crippen LogP contribution in [-0.4, -0.2) is 40.1 Å². The summed E-state index contributed by atoms with van der Waals surface area (Å²) in [6, 6.07) is 0. The van der Waals surface area contributed by atoms with E-state index in [1.165, 1.54) is 44.9 Å². The van der Waals surface area contributed by atoms with E-state index in [0.29, 0.717) is 6.42 Å². The van der Waals surface area contributed by atoms with E-state index in [0.717, 1.165) is 19.3 Å². The zero-order valence-corrected chi connectivity index (χ0v) is 15.7. The van der Waals surface area contributed by atoms with Gasteiger partial charge in [0.2, 0.25) is 5.91 Å². The van der Waals surface area contributed by atoms with Crippen molar-refractivity contribution in [3.63, 3.8) is 0 Å². The number of amides is 1. The SMILES string of the molecule is CCCCCCCCCCCCC(=O)NCC(O)COP(=O)(O)O. The second-order valence-electron chi connectivity index (χ2n) is 6.18. The minimum Gasteiger partial charge on any atom is -0.389 e. The number of carbonyl (C=O) groups excluding carboxylic acids is 1. The molecule has 8 heteroatoms. The lowest BCUT2D eigenvalue weighted by Gasteiger charge is -2.12. The summed E-state index contributed by atoms with van der Waals surface area (Å²) in [6.07, 6.45) is 11.3. The summed E-state index contributed by atoms with van der Waals surface area (Å²) in [7, 11) is -4.58. The van der Waals surface area contributed by atoms with Crippen molar-refractivity contribution in [1.82, 2.24) is 5.32 Å². The second kappa shape index (κ2) is 14.8. The number of carbonyl (C=O) groups is 1. The van der Waals surface area contributed by atoms with Crippen LogP contribution >= 0.6 is 7.82 Å². The Hall–Kier alpha value is -0.460. The highest BCUT2D eigenvalue weighted by atomic mass is 31.2. The number of hydrogen-bond donors (Lipinski definition) is 4. The van der Waals surface area contributed by atoms with E-state index >= 15 is 0 Å². The third kappa shape index (κ3) is 17.9. The molecule has 24 heavy (non-hydrogen) atoms. The van der Waals surface area contributed by atoms with Crippen molar-refractivity contribution in [3.8, 4) is 0 Å². The maximum atomic E-state index is 11.6. The first-order valence-electron chi connectivity index (χ1n) is 9.00. The summed E-state index contributed by atoms with van der Waals surface area (Å²) in [5, 5.41) is 12.0. The van der Waals surface area contributed by atoms with E-state index < -0.39 is 20.5 Å². The summed E-state index contributed by atoms with van der Waals surface area (Å²) >= 11 is 0. The molecule has 0 aliphatic heterocycles. The number of aliphatic hydroxyl groups excluding tert-OH is 1. The number of rotatable bonds is 16. The number of unbranched alkanes of at least 4 members (excludes halogenated alkanes) is 9. The van der Waals surface area contributed by atoms with Gasteiger partial charge in [0.15, 0.2) is 0 Å². The lowest BCUT2D eigenvalue weighted by atomic mass is 10.1. The molecular formula is C16H34NO6P. The van der Waals surface area contributed by atoms with Gasteiger partial charge in [-0.2, -0.15) is 0 Å². The summed E-state index contributed by atoms with van der Waals surface area (Å²) in [5.41, 5.74) is 0. The topological polar surface area (TPSA) is 116 Å². The van der Waals surface area contributed by atoms with Crippen molar-refractivity contribution >= 4 is 13.7 Å². The largest absolute Gasteiger partial charge is 0.469 e. The fourth-order valence-corrected chi connectivity index (χ4v) is 2.70. The lowest BCUT2D eigenvalue weighted by Crippen LogP contribution is -2.34. The first-order chi connectivity index (χ1) is 11.3. The van der Waals surface area contributed by atoms with E-state index in [4.69, 9.17) is 9.79 Å². The first kappa shape index (κ1) is 23.5. The molecule has 4 N–H and O–H groups in total. The molecule has 1 unspecified atom stereocenters. The number of aliphatic hydroxyl groups is 1. The van der Waals surface area contributed by atoms with Crippen molar-refractivity contribution < 1.29 is 28.8 Å². The fourth-order valence-electron chi connectivity index (χ4n) is 2.34. The molecule has 0 heterocycles. The zero-order chi connectivity index (χ0) is 18.3.